The third kappa shape index (κ3) is 4.68. The van der Waals surface area contributed by atoms with Crippen molar-refractivity contribution in [2.75, 3.05) is 25.0 Å². The lowest BCUT2D eigenvalue weighted by Crippen LogP contribution is -2.07. The molecule has 0 bridgehead atoms. The zero-order valence-electron chi connectivity index (χ0n) is 7.62. The molecule has 1 aromatic rings. The second kappa shape index (κ2) is 6.87. The zero-order chi connectivity index (χ0) is 11.1. The highest BCUT2D eigenvalue weighted by Crippen LogP contribution is 2.12. The van der Waals surface area contributed by atoms with E-state index in [4.69, 9.17) is 44.3 Å². The molecule has 0 saturated heterocycles. The average molecular weight is 273 g/mol. The summed E-state index contributed by atoms with van der Waals surface area (Å²) in [6, 6.07) is 0.167. The average Bonchev–Trinajstić information content (AvgIpc) is 2.23. The highest BCUT2D eigenvalue weighted by molar-refractivity contribution is 6.28. The first kappa shape index (κ1) is 12.5. The van der Waals surface area contributed by atoms with Gasteiger partial charge in [0.05, 0.1) is 11.8 Å². The lowest BCUT2D eigenvalue weighted by molar-refractivity contribution is 0.281. The Bertz CT molecular complexity index is 287. The molecular weight excluding hydrogens is 264 g/mol. The van der Waals surface area contributed by atoms with Crippen molar-refractivity contribution in [2.45, 2.75) is 0 Å². The number of nitrogens with zero attached hydrogens (tertiary/aromatic N) is 3. The number of alkyl halides is 2. The lowest BCUT2D eigenvalue weighted by atomic mass is 10.8. The van der Waals surface area contributed by atoms with Crippen molar-refractivity contribution in [3.8, 4) is 12.0 Å². The summed E-state index contributed by atoms with van der Waals surface area (Å²) in [6.45, 7) is 0.577. The standard InChI is InChI=1S/C7H8Cl3N3O2/c8-1-3-14-6-11-5(10)12-7(13-6)15-4-2-9/h1-4H2. The summed E-state index contributed by atoms with van der Waals surface area (Å²) in [4.78, 5) is 11.3. The molecule has 84 valence electrons. The maximum absolute atomic E-state index is 5.62. The van der Waals surface area contributed by atoms with Crippen molar-refractivity contribution in [3.05, 3.63) is 5.28 Å². The van der Waals surface area contributed by atoms with Crippen molar-refractivity contribution in [1.29, 1.82) is 0 Å². The van der Waals surface area contributed by atoms with Crippen LogP contribution in [0.2, 0.25) is 5.28 Å². The molecule has 1 heterocycles. The van der Waals surface area contributed by atoms with E-state index in [1.54, 1.807) is 0 Å². The molecule has 15 heavy (non-hydrogen) atoms. The Hall–Kier alpha value is -0.520. The van der Waals surface area contributed by atoms with Crippen molar-refractivity contribution in [3.63, 3.8) is 0 Å². The molecule has 8 heteroatoms. The van der Waals surface area contributed by atoms with E-state index in [-0.39, 0.29) is 30.5 Å². The van der Waals surface area contributed by atoms with Gasteiger partial charge < -0.3 is 9.47 Å². The molecule has 1 aromatic heterocycles. The molecule has 0 unspecified atom stereocenters. The van der Waals surface area contributed by atoms with Crippen LogP contribution in [-0.2, 0) is 0 Å². The highest BCUT2D eigenvalue weighted by atomic mass is 35.5. The molecule has 0 fully saturated rings. The second-order valence-electron chi connectivity index (χ2n) is 2.24. The van der Waals surface area contributed by atoms with Crippen LogP contribution in [0.4, 0.5) is 0 Å². The van der Waals surface area contributed by atoms with E-state index < -0.39 is 0 Å². The van der Waals surface area contributed by atoms with Crippen LogP contribution in [0, 0.1) is 0 Å². The largest absolute Gasteiger partial charge is 0.462 e. The Morgan fingerprint density at radius 2 is 1.33 bits per heavy atom. The first-order valence-corrected chi connectivity index (χ1v) is 5.50. The quantitative estimate of drug-likeness (QED) is 0.739. The van der Waals surface area contributed by atoms with Gasteiger partial charge in [0.1, 0.15) is 13.2 Å². The third-order valence-electron chi connectivity index (χ3n) is 1.18. The molecule has 0 spiro atoms. The fourth-order valence-corrected chi connectivity index (χ4v) is 1.00. The molecule has 5 nitrogen and oxygen atoms in total. The van der Waals surface area contributed by atoms with Gasteiger partial charge >= 0.3 is 12.0 Å². The van der Waals surface area contributed by atoms with Crippen LogP contribution in [-0.4, -0.2) is 39.9 Å². The summed E-state index contributed by atoms with van der Waals surface area (Å²) >= 11 is 16.5. The molecule has 0 aliphatic rings. The fourth-order valence-electron chi connectivity index (χ4n) is 0.703. The van der Waals surface area contributed by atoms with E-state index in [9.17, 15) is 0 Å². The number of halogens is 3. The zero-order valence-corrected chi connectivity index (χ0v) is 9.89. The minimum Gasteiger partial charge on any atom is -0.462 e. The molecule has 0 aromatic carbocycles. The summed E-state index contributed by atoms with van der Waals surface area (Å²) < 4.78 is 10.1. The van der Waals surface area contributed by atoms with Gasteiger partial charge in [-0.3, -0.25) is 0 Å². The molecule has 0 amide bonds. The van der Waals surface area contributed by atoms with Gasteiger partial charge in [-0.05, 0) is 11.6 Å². The van der Waals surface area contributed by atoms with Crippen LogP contribution in [0.3, 0.4) is 0 Å². The van der Waals surface area contributed by atoms with Gasteiger partial charge in [0, 0.05) is 0 Å². The summed E-state index contributed by atoms with van der Waals surface area (Å²) in [7, 11) is 0. The molecule has 1 rings (SSSR count). The normalized spacial score (nSPS) is 10.1. The van der Waals surface area contributed by atoms with E-state index in [0.717, 1.165) is 0 Å². The van der Waals surface area contributed by atoms with Crippen LogP contribution in [0.25, 0.3) is 0 Å². The fraction of sp³-hybridized carbons (Fsp3) is 0.571. The Labute approximate surface area is 102 Å². The summed E-state index contributed by atoms with van der Waals surface area (Å²) in [5.41, 5.74) is 0. The van der Waals surface area contributed by atoms with E-state index in [0.29, 0.717) is 11.8 Å². The molecule has 0 N–H and O–H groups in total. The van der Waals surface area contributed by atoms with Gasteiger partial charge in [0.2, 0.25) is 5.28 Å². The predicted molar refractivity (Wildman–Crippen MR) is 57.3 cm³/mol. The predicted octanol–water partition coefficient (Wildman–Crippen LogP) is 1.76. The number of ether oxygens (including phenoxy) is 2. The maximum Gasteiger partial charge on any atom is 0.323 e. The van der Waals surface area contributed by atoms with Crippen LogP contribution < -0.4 is 9.47 Å². The Morgan fingerprint density at radius 1 is 0.867 bits per heavy atom. The van der Waals surface area contributed by atoms with Crippen molar-refractivity contribution in [2.24, 2.45) is 0 Å². The van der Waals surface area contributed by atoms with Gasteiger partial charge in [-0.15, -0.1) is 28.2 Å². The summed E-state index contributed by atoms with van der Waals surface area (Å²) in [6.07, 6.45) is 0. The van der Waals surface area contributed by atoms with E-state index in [2.05, 4.69) is 15.0 Å². The molecule has 0 aliphatic carbocycles. The van der Waals surface area contributed by atoms with Crippen molar-refractivity contribution < 1.29 is 9.47 Å². The molecule has 0 radical (unpaired) electrons. The van der Waals surface area contributed by atoms with Crippen molar-refractivity contribution >= 4 is 34.8 Å². The molecule has 0 aliphatic heterocycles. The number of hydrogen-bond acceptors (Lipinski definition) is 5. The molecular formula is C7H8Cl3N3O2. The SMILES string of the molecule is ClCCOc1nc(Cl)nc(OCCCl)n1. The number of hydrogen-bond donors (Lipinski definition) is 0. The van der Waals surface area contributed by atoms with Crippen LogP contribution in [0.5, 0.6) is 12.0 Å². The first-order chi connectivity index (χ1) is 7.26. The van der Waals surface area contributed by atoms with Crippen molar-refractivity contribution in [1.82, 2.24) is 15.0 Å². The maximum atomic E-state index is 5.62. The minimum absolute atomic E-state index is 0.000792. The van der Waals surface area contributed by atoms with Crippen LogP contribution >= 0.6 is 34.8 Å². The van der Waals surface area contributed by atoms with Gasteiger partial charge in [-0.25, -0.2) is 0 Å². The number of aromatic nitrogens is 3. The first-order valence-electron chi connectivity index (χ1n) is 4.05. The summed E-state index contributed by atoms with van der Waals surface area (Å²) in [5, 5.41) is -0.000792. The molecule has 0 saturated carbocycles. The topological polar surface area (TPSA) is 57.1 Å². The Morgan fingerprint density at radius 3 is 1.73 bits per heavy atom. The monoisotopic (exact) mass is 271 g/mol. The van der Waals surface area contributed by atoms with Crippen LogP contribution in [0.1, 0.15) is 0 Å². The van der Waals surface area contributed by atoms with Gasteiger partial charge in [0.15, 0.2) is 0 Å². The Balaban J connectivity index is 2.66. The summed E-state index contributed by atoms with van der Waals surface area (Å²) in [5.74, 6) is 0.669. The Kier molecular flexibility index (Phi) is 5.75. The van der Waals surface area contributed by atoms with E-state index in [1.165, 1.54) is 0 Å². The van der Waals surface area contributed by atoms with E-state index in [1.807, 2.05) is 0 Å². The smallest absolute Gasteiger partial charge is 0.323 e. The van der Waals surface area contributed by atoms with E-state index >= 15 is 0 Å². The number of rotatable bonds is 6. The second-order valence-corrected chi connectivity index (χ2v) is 3.34. The van der Waals surface area contributed by atoms with Gasteiger partial charge in [-0.2, -0.15) is 9.97 Å². The highest BCUT2D eigenvalue weighted by Gasteiger charge is 2.06. The molecule has 0 atom stereocenters. The third-order valence-corrected chi connectivity index (χ3v) is 1.66. The van der Waals surface area contributed by atoms with Gasteiger partial charge in [0.25, 0.3) is 0 Å². The minimum atomic E-state index is -0.000792. The van der Waals surface area contributed by atoms with Gasteiger partial charge in [-0.1, -0.05) is 0 Å². The van der Waals surface area contributed by atoms with Crippen LogP contribution in [0.15, 0.2) is 0 Å². The lowest BCUT2D eigenvalue weighted by Gasteiger charge is -2.04.